The Balaban J connectivity index is 2.19. The molecule has 0 amide bonds. The van der Waals surface area contributed by atoms with Crippen molar-refractivity contribution in [2.45, 2.75) is 26.7 Å². The summed E-state index contributed by atoms with van der Waals surface area (Å²) in [5.41, 5.74) is 2.02. The second kappa shape index (κ2) is 8.54. The number of ether oxygens (including phenoxy) is 2. The Labute approximate surface area is 158 Å². The second-order valence-corrected chi connectivity index (χ2v) is 6.19. The van der Waals surface area contributed by atoms with Gasteiger partial charge in [0, 0.05) is 5.56 Å². The molecule has 0 N–H and O–H groups in total. The highest BCUT2D eigenvalue weighted by Gasteiger charge is 2.18. The van der Waals surface area contributed by atoms with Gasteiger partial charge in [0.25, 0.3) is 5.56 Å². The molecule has 0 spiro atoms. The predicted molar refractivity (Wildman–Crippen MR) is 105 cm³/mol. The first kappa shape index (κ1) is 18.7. The van der Waals surface area contributed by atoms with Crippen LogP contribution in [0.4, 0.5) is 0 Å². The lowest BCUT2D eigenvalue weighted by Gasteiger charge is -2.13. The molecule has 5 nitrogen and oxygen atoms in total. The van der Waals surface area contributed by atoms with E-state index in [1.807, 2.05) is 42.5 Å². The van der Waals surface area contributed by atoms with Crippen LogP contribution in [0.3, 0.4) is 0 Å². The van der Waals surface area contributed by atoms with Crippen LogP contribution in [0.5, 0.6) is 5.75 Å². The minimum absolute atomic E-state index is 0.0129. The van der Waals surface area contributed by atoms with Crippen LogP contribution in [0.15, 0.2) is 59.5 Å². The smallest absolute Gasteiger partial charge is 0.343 e. The van der Waals surface area contributed by atoms with Crippen molar-refractivity contribution in [1.29, 1.82) is 0 Å². The van der Waals surface area contributed by atoms with Gasteiger partial charge in [-0.25, -0.2) is 4.79 Å². The predicted octanol–water partition coefficient (Wildman–Crippen LogP) is 4.32. The first-order valence-corrected chi connectivity index (χ1v) is 9.20. The van der Waals surface area contributed by atoms with Crippen LogP contribution in [0.1, 0.15) is 37.0 Å². The molecule has 1 aromatic carbocycles. The standard InChI is InChI=1S/C22H23NO4/c1-3-5-13-27-17-11-12-20-18(16-9-7-6-8-10-16)14-19(22(25)26-4-2)21(24)23(20)15-17/h6-12,14-15H,3-5,13H2,1-2H3. The molecule has 140 valence electrons. The molecule has 0 saturated heterocycles. The Kier molecular flexibility index (Phi) is 5.91. The molecule has 2 aromatic heterocycles. The quantitative estimate of drug-likeness (QED) is 0.462. The van der Waals surface area contributed by atoms with Gasteiger partial charge in [0.05, 0.1) is 24.9 Å². The van der Waals surface area contributed by atoms with Crippen molar-refractivity contribution in [2.24, 2.45) is 0 Å². The maximum absolute atomic E-state index is 12.9. The lowest BCUT2D eigenvalue weighted by molar-refractivity contribution is 0.0524. The molecular weight excluding hydrogens is 342 g/mol. The number of hydrogen-bond donors (Lipinski definition) is 0. The number of carbonyl (C=O) groups is 1. The SMILES string of the molecule is CCCCOc1ccc2c(-c3ccccc3)cc(C(=O)OCC)c(=O)n2c1. The molecule has 0 aliphatic heterocycles. The molecule has 0 saturated carbocycles. The molecule has 2 heterocycles. The van der Waals surface area contributed by atoms with Gasteiger partial charge in [-0.3, -0.25) is 9.20 Å². The molecule has 0 aliphatic rings. The van der Waals surface area contributed by atoms with E-state index in [0.717, 1.165) is 24.0 Å². The number of hydrogen-bond acceptors (Lipinski definition) is 4. The van der Waals surface area contributed by atoms with E-state index in [9.17, 15) is 9.59 Å². The Morgan fingerprint density at radius 2 is 1.85 bits per heavy atom. The highest BCUT2D eigenvalue weighted by Crippen LogP contribution is 2.26. The van der Waals surface area contributed by atoms with Crippen molar-refractivity contribution < 1.29 is 14.3 Å². The molecule has 0 fully saturated rings. The van der Waals surface area contributed by atoms with Crippen molar-refractivity contribution in [2.75, 3.05) is 13.2 Å². The third kappa shape index (κ3) is 4.03. The summed E-state index contributed by atoms with van der Waals surface area (Å²) in [5.74, 6) is -0.0237. The highest BCUT2D eigenvalue weighted by molar-refractivity contribution is 5.93. The number of benzene rings is 1. The molecule has 0 radical (unpaired) electrons. The summed E-state index contributed by atoms with van der Waals surface area (Å²) in [6.07, 6.45) is 3.60. The third-order valence-electron chi connectivity index (χ3n) is 4.28. The highest BCUT2D eigenvalue weighted by atomic mass is 16.5. The van der Waals surface area contributed by atoms with E-state index in [0.29, 0.717) is 17.9 Å². The van der Waals surface area contributed by atoms with Gasteiger partial charge in [-0.15, -0.1) is 0 Å². The van der Waals surface area contributed by atoms with Crippen molar-refractivity contribution in [3.8, 4) is 16.9 Å². The Hall–Kier alpha value is -3.08. The maximum Gasteiger partial charge on any atom is 0.343 e. The van der Waals surface area contributed by atoms with Crippen LogP contribution in [-0.4, -0.2) is 23.6 Å². The van der Waals surface area contributed by atoms with Gasteiger partial charge in [0.2, 0.25) is 0 Å². The molecular formula is C22H23NO4. The van der Waals surface area contributed by atoms with E-state index in [-0.39, 0.29) is 12.2 Å². The topological polar surface area (TPSA) is 57.0 Å². The van der Waals surface area contributed by atoms with Gasteiger partial charge in [0.1, 0.15) is 11.3 Å². The first-order chi connectivity index (χ1) is 13.2. The van der Waals surface area contributed by atoms with Crippen molar-refractivity contribution >= 4 is 11.5 Å². The second-order valence-electron chi connectivity index (χ2n) is 6.19. The normalized spacial score (nSPS) is 10.7. The van der Waals surface area contributed by atoms with Crippen LogP contribution in [0.2, 0.25) is 0 Å². The molecule has 3 rings (SSSR count). The fourth-order valence-corrected chi connectivity index (χ4v) is 2.90. The van der Waals surface area contributed by atoms with Crippen LogP contribution in [0, 0.1) is 0 Å². The number of unbranched alkanes of at least 4 members (excludes halogenated alkanes) is 1. The molecule has 5 heteroatoms. The molecule has 0 unspecified atom stereocenters. The van der Waals surface area contributed by atoms with Crippen LogP contribution >= 0.6 is 0 Å². The number of nitrogens with zero attached hydrogens (tertiary/aromatic N) is 1. The van der Waals surface area contributed by atoms with E-state index in [1.165, 1.54) is 4.40 Å². The molecule has 0 bridgehead atoms. The summed E-state index contributed by atoms with van der Waals surface area (Å²) in [4.78, 5) is 25.2. The summed E-state index contributed by atoms with van der Waals surface area (Å²) in [6.45, 7) is 4.60. The number of fused-ring (bicyclic) bond motifs is 1. The largest absolute Gasteiger partial charge is 0.492 e. The molecule has 3 aromatic rings. The van der Waals surface area contributed by atoms with Gasteiger partial charge in [-0.05, 0) is 37.1 Å². The van der Waals surface area contributed by atoms with Crippen molar-refractivity contribution in [1.82, 2.24) is 4.40 Å². The zero-order valence-corrected chi connectivity index (χ0v) is 15.6. The number of esters is 1. The fourth-order valence-electron chi connectivity index (χ4n) is 2.90. The summed E-state index contributed by atoms with van der Waals surface area (Å²) >= 11 is 0. The van der Waals surface area contributed by atoms with E-state index in [2.05, 4.69) is 6.92 Å². The molecule has 0 atom stereocenters. The van der Waals surface area contributed by atoms with E-state index >= 15 is 0 Å². The van der Waals surface area contributed by atoms with Crippen molar-refractivity contribution in [3.05, 3.63) is 70.6 Å². The maximum atomic E-state index is 12.9. The lowest BCUT2D eigenvalue weighted by Crippen LogP contribution is -2.24. The van der Waals surface area contributed by atoms with Gasteiger partial charge in [-0.1, -0.05) is 43.7 Å². The van der Waals surface area contributed by atoms with Crippen LogP contribution in [0.25, 0.3) is 16.6 Å². The average Bonchev–Trinajstić information content (AvgIpc) is 2.69. The summed E-state index contributed by atoms with van der Waals surface area (Å²) < 4.78 is 12.3. The molecule has 0 aliphatic carbocycles. The summed E-state index contributed by atoms with van der Waals surface area (Å²) in [6, 6.07) is 15.0. The average molecular weight is 365 g/mol. The number of rotatable bonds is 7. The minimum atomic E-state index is -0.619. The van der Waals surface area contributed by atoms with Gasteiger partial charge in [0.15, 0.2) is 0 Å². The minimum Gasteiger partial charge on any atom is -0.492 e. The van der Waals surface area contributed by atoms with E-state index < -0.39 is 11.5 Å². The van der Waals surface area contributed by atoms with Gasteiger partial charge < -0.3 is 9.47 Å². The first-order valence-electron chi connectivity index (χ1n) is 9.20. The Morgan fingerprint density at radius 1 is 1.07 bits per heavy atom. The van der Waals surface area contributed by atoms with Crippen LogP contribution < -0.4 is 10.3 Å². The van der Waals surface area contributed by atoms with Gasteiger partial charge >= 0.3 is 5.97 Å². The number of aromatic nitrogens is 1. The Bertz CT molecular complexity index is 992. The van der Waals surface area contributed by atoms with E-state index in [1.54, 1.807) is 19.2 Å². The third-order valence-corrected chi connectivity index (χ3v) is 4.28. The monoisotopic (exact) mass is 365 g/mol. The fraction of sp³-hybridized carbons (Fsp3) is 0.273. The number of pyridine rings is 2. The zero-order chi connectivity index (χ0) is 19.2. The van der Waals surface area contributed by atoms with Gasteiger partial charge in [-0.2, -0.15) is 0 Å². The van der Waals surface area contributed by atoms with Crippen LogP contribution in [-0.2, 0) is 4.74 Å². The lowest BCUT2D eigenvalue weighted by atomic mass is 10.0. The zero-order valence-electron chi connectivity index (χ0n) is 15.6. The number of carbonyl (C=O) groups excluding carboxylic acids is 1. The molecule has 27 heavy (non-hydrogen) atoms. The summed E-state index contributed by atoms with van der Waals surface area (Å²) in [7, 11) is 0. The van der Waals surface area contributed by atoms with Crippen molar-refractivity contribution in [3.63, 3.8) is 0 Å². The summed E-state index contributed by atoms with van der Waals surface area (Å²) in [5, 5.41) is 0. The Morgan fingerprint density at radius 3 is 2.56 bits per heavy atom. The van der Waals surface area contributed by atoms with E-state index in [4.69, 9.17) is 9.47 Å².